The van der Waals surface area contributed by atoms with Crippen molar-refractivity contribution in [3.8, 4) is 17.4 Å². The number of aryl methyl sites for hydroxylation is 2. The second kappa shape index (κ2) is 6.92. The van der Waals surface area contributed by atoms with Gasteiger partial charge in [-0.25, -0.2) is 4.68 Å². The lowest BCUT2D eigenvalue weighted by atomic mass is 10.1. The van der Waals surface area contributed by atoms with Crippen LogP contribution in [0.5, 0.6) is 17.4 Å². The van der Waals surface area contributed by atoms with Gasteiger partial charge in [0.25, 0.3) is 0 Å². The van der Waals surface area contributed by atoms with E-state index in [0.717, 1.165) is 22.8 Å². The zero-order valence-electron chi connectivity index (χ0n) is 14.6. The number of nitrogens with zero attached hydrogens (tertiary/aromatic N) is 3. The molecule has 0 unspecified atom stereocenters. The van der Waals surface area contributed by atoms with E-state index in [9.17, 15) is 0 Å². The third-order valence-electron chi connectivity index (χ3n) is 4.05. The van der Waals surface area contributed by atoms with Crippen molar-refractivity contribution in [3.05, 3.63) is 71.9 Å². The van der Waals surface area contributed by atoms with Crippen LogP contribution >= 0.6 is 0 Å². The molecule has 132 valence electrons. The minimum atomic E-state index is -0.162. The number of hydrogen-bond donors (Lipinski definition) is 0. The molecule has 2 heterocycles. The van der Waals surface area contributed by atoms with Crippen molar-refractivity contribution in [1.82, 2.24) is 9.78 Å². The average molecular weight is 349 g/mol. The van der Waals surface area contributed by atoms with E-state index in [1.807, 2.05) is 74.6 Å². The number of hydrogen-bond acceptors (Lipinski definition) is 5. The summed E-state index contributed by atoms with van der Waals surface area (Å²) in [6.07, 6.45) is 0.411. The van der Waals surface area contributed by atoms with Gasteiger partial charge in [-0.15, -0.1) is 0 Å². The van der Waals surface area contributed by atoms with Crippen LogP contribution in [-0.2, 0) is 11.9 Å². The topological polar surface area (TPSA) is 57.9 Å². The van der Waals surface area contributed by atoms with Crippen LogP contribution < -0.4 is 9.47 Å². The first-order chi connectivity index (χ1) is 12.7. The number of rotatable bonds is 4. The lowest BCUT2D eigenvalue weighted by molar-refractivity contribution is 0.0855. The summed E-state index contributed by atoms with van der Waals surface area (Å²) in [7, 11) is 1.83. The van der Waals surface area contributed by atoms with E-state index in [2.05, 4.69) is 10.3 Å². The minimum absolute atomic E-state index is 0.162. The predicted octanol–water partition coefficient (Wildman–Crippen LogP) is 4.37. The Bertz CT molecular complexity index is 917. The zero-order valence-corrected chi connectivity index (χ0v) is 14.6. The van der Waals surface area contributed by atoms with Gasteiger partial charge in [0.05, 0.1) is 12.1 Å². The molecular formula is C20H19N3O3. The van der Waals surface area contributed by atoms with Gasteiger partial charge in [-0.2, -0.15) is 5.10 Å². The Hall–Kier alpha value is -3.28. The average Bonchev–Trinajstić information content (AvgIpc) is 3.23. The third-order valence-corrected chi connectivity index (χ3v) is 4.05. The molecule has 0 aliphatic carbocycles. The fourth-order valence-corrected chi connectivity index (χ4v) is 2.77. The molecule has 0 saturated carbocycles. The Morgan fingerprint density at radius 1 is 1.00 bits per heavy atom. The summed E-state index contributed by atoms with van der Waals surface area (Å²) in [5.41, 5.74) is 1.92. The maximum atomic E-state index is 5.81. The number of oxime groups is 1. The summed E-state index contributed by atoms with van der Waals surface area (Å²) in [6, 6.07) is 19.4. The Morgan fingerprint density at radius 3 is 2.42 bits per heavy atom. The van der Waals surface area contributed by atoms with Crippen LogP contribution in [0.4, 0.5) is 0 Å². The molecule has 1 atom stereocenters. The Kier molecular flexibility index (Phi) is 4.31. The number of ether oxygens (including phenoxy) is 2. The lowest BCUT2D eigenvalue weighted by Crippen LogP contribution is -2.09. The largest absolute Gasteiger partial charge is 0.457 e. The first-order valence-electron chi connectivity index (χ1n) is 8.41. The number of benzene rings is 2. The van der Waals surface area contributed by atoms with Gasteiger partial charge in [-0.3, -0.25) is 0 Å². The normalized spacial score (nSPS) is 16.1. The van der Waals surface area contributed by atoms with Gasteiger partial charge in [-0.05, 0) is 36.8 Å². The van der Waals surface area contributed by atoms with Crippen LogP contribution in [-0.4, -0.2) is 15.7 Å². The van der Waals surface area contributed by atoms with Crippen molar-refractivity contribution in [3.63, 3.8) is 0 Å². The van der Waals surface area contributed by atoms with Crippen molar-refractivity contribution < 1.29 is 14.3 Å². The highest BCUT2D eigenvalue weighted by Crippen LogP contribution is 2.30. The van der Waals surface area contributed by atoms with Gasteiger partial charge in [-0.1, -0.05) is 35.5 Å². The highest BCUT2D eigenvalue weighted by molar-refractivity contribution is 5.79. The van der Waals surface area contributed by atoms with Gasteiger partial charge < -0.3 is 14.3 Å². The van der Waals surface area contributed by atoms with E-state index in [1.54, 1.807) is 4.68 Å². The molecule has 6 heteroatoms. The molecule has 6 nitrogen and oxygen atoms in total. The molecule has 3 aromatic rings. The van der Waals surface area contributed by atoms with Crippen LogP contribution in [0.25, 0.3) is 0 Å². The summed E-state index contributed by atoms with van der Waals surface area (Å²) < 4.78 is 13.3. The third kappa shape index (κ3) is 3.54. The van der Waals surface area contributed by atoms with Crippen LogP contribution in [0.3, 0.4) is 0 Å². The van der Waals surface area contributed by atoms with Crippen molar-refractivity contribution in [1.29, 1.82) is 0 Å². The molecule has 0 fully saturated rings. The van der Waals surface area contributed by atoms with Crippen molar-refractivity contribution in [2.45, 2.75) is 19.4 Å². The molecule has 26 heavy (non-hydrogen) atoms. The van der Waals surface area contributed by atoms with Crippen LogP contribution in [0.2, 0.25) is 0 Å². The minimum Gasteiger partial charge on any atom is -0.457 e. The van der Waals surface area contributed by atoms with Gasteiger partial charge in [0, 0.05) is 13.1 Å². The molecule has 2 aromatic carbocycles. The molecular weight excluding hydrogens is 330 g/mol. The van der Waals surface area contributed by atoms with E-state index in [1.165, 1.54) is 0 Å². The molecule has 0 bridgehead atoms. The maximum absolute atomic E-state index is 5.81. The number of para-hydroxylation sites is 1. The Labute approximate surface area is 151 Å². The highest BCUT2D eigenvalue weighted by Gasteiger charge is 2.25. The van der Waals surface area contributed by atoms with Crippen LogP contribution in [0.15, 0.2) is 65.8 Å². The highest BCUT2D eigenvalue weighted by atomic mass is 16.7. The first-order valence-corrected chi connectivity index (χ1v) is 8.41. The molecule has 0 spiro atoms. The number of aromatic nitrogens is 2. The summed E-state index contributed by atoms with van der Waals surface area (Å²) in [4.78, 5) is 5.52. The fraction of sp³-hybridized carbons (Fsp3) is 0.200. The van der Waals surface area contributed by atoms with E-state index >= 15 is 0 Å². The predicted molar refractivity (Wildman–Crippen MR) is 97.4 cm³/mol. The molecule has 0 saturated heterocycles. The van der Waals surface area contributed by atoms with E-state index in [0.29, 0.717) is 18.2 Å². The van der Waals surface area contributed by atoms with Gasteiger partial charge in [0.15, 0.2) is 6.10 Å². The summed E-state index contributed by atoms with van der Waals surface area (Å²) in [5, 5.41) is 8.31. The van der Waals surface area contributed by atoms with Gasteiger partial charge >= 0.3 is 0 Å². The molecule has 0 N–H and O–H groups in total. The quantitative estimate of drug-likeness (QED) is 0.701. The summed E-state index contributed by atoms with van der Waals surface area (Å²) in [5.74, 6) is 2.78. The smallest absolute Gasteiger partial charge is 0.237 e. The summed E-state index contributed by atoms with van der Waals surface area (Å²) in [6.45, 7) is 1.92. The molecule has 0 amide bonds. The molecule has 1 aromatic heterocycles. The SMILES string of the molecule is Cc1cc(OC2=NO[C@H](c3ccc(Oc4ccccc4)cc3)C2)n(C)n1. The summed E-state index contributed by atoms with van der Waals surface area (Å²) >= 11 is 0. The molecule has 4 rings (SSSR count). The second-order valence-corrected chi connectivity index (χ2v) is 6.12. The fourth-order valence-electron chi connectivity index (χ4n) is 2.77. The maximum Gasteiger partial charge on any atom is 0.237 e. The molecule has 1 aliphatic rings. The van der Waals surface area contributed by atoms with Crippen molar-refractivity contribution >= 4 is 5.90 Å². The van der Waals surface area contributed by atoms with Crippen molar-refractivity contribution in [2.24, 2.45) is 12.2 Å². The molecule has 1 aliphatic heterocycles. The van der Waals surface area contributed by atoms with Gasteiger partial charge in [0.1, 0.15) is 11.5 Å². The zero-order chi connectivity index (χ0) is 17.9. The first kappa shape index (κ1) is 16.2. The standard InChI is InChI=1S/C20H19N3O3/c1-14-12-20(23(2)21-14)25-19-13-18(26-22-19)15-8-10-17(11-9-15)24-16-6-4-3-5-7-16/h3-12,18H,13H2,1-2H3/t18-/m0/s1. The van der Waals surface area contributed by atoms with E-state index < -0.39 is 0 Å². The molecule has 0 radical (unpaired) electrons. The van der Waals surface area contributed by atoms with Gasteiger partial charge in [0.2, 0.25) is 11.8 Å². The van der Waals surface area contributed by atoms with E-state index in [4.69, 9.17) is 14.3 Å². The Morgan fingerprint density at radius 2 is 1.73 bits per heavy atom. The van der Waals surface area contributed by atoms with Crippen molar-refractivity contribution in [2.75, 3.05) is 0 Å². The van der Waals surface area contributed by atoms with E-state index in [-0.39, 0.29) is 6.10 Å². The lowest BCUT2D eigenvalue weighted by Gasteiger charge is -2.10. The second-order valence-electron chi connectivity index (χ2n) is 6.12. The Balaban J connectivity index is 1.38. The van der Waals surface area contributed by atoms with Crippen LogP contribution in [0, 0.1) is 6.92 Å². The van der Waals surface area contributed by atoms with Crippen LogP contribution in [0.1, 0.15) is 23.8 Å². The monoisotopic (exact) mass is 349 g/mol.